The molecular weight excluding hydrogens is 193 g/mol. The van der Waals surface area contributed by atoms with E-state index in [2.05, 4.69) is 5.10 Å². The quantitative estimate of drug-likeness (QED) is 0.814. The highest BCUT2D eigenvalue weighted by Crippen LogP contribution is 2.13. The van der Waals surface area contributed by atoms with E-state index in [4.69, 9.17) is 5.73 Å². The lowest BCUT2D eigenvalue weighted by Crippen LogP contribution is -2.04. The van der Waals surface area contributed by atoms with Crippen molar-refractivity contribution in [3.63, 3.8) is 0 Å². The molecule has 0 saturated heterocycles. The van der Waals surface area contributed by atoms with Crippen molar-refractivity contribution in [1.82, 2.24) is 9.78 Å². The first-order valence-corrected chi connectivity index (χ1v) is 4.70. The molecule has 0 saturated carbocycles. The molecule has 1 heterocycles. The molecule has 0 aliphatic carbocycles. The Kier molecular flexibility index (Phi) is 2.41. The predicted octanol–water partition coefficient (Wildman–Crippen LogP) is 1.96. The molecule has 0 aliphatic heterocycles. The Morgan fingerprint density at radius 3 is 2.87 bits per heavy atom. The summed E-state index contributed by atoms with van der Waals surface area (Å²) in [4.78, 5) is 0. The summed E-state index contributed by atoms with van der Waals surface area (Å²) in [5.74, 6) is 0.273. The van der Waals surface area contributed by atoms with Gasteiger partial charge in [-0.1, -0.05) is 18.2 Å². The average Bonchev–Trinajstić information content (AvgIpc) is 2.59. The lowest BCUT2D eigenvalue weighted by molar-refractivity contribution is 0.578. The van der Waals surface area contributed by atoms with Crippen LogP contribution in [0.15, 0.2) is 30.5 Å². The molecule has 0 atom stereocenters. The summed E-state index contributed by atoms with van der Waals surface area (Å²) in [7, 11) is 0. The monoisotopic (exact) mass is 205 g/mol. The molecule has 0 unspecified atom stereocenters. The number of halogens is 1. The van der Waals surface area contributed by atoms with Crippen molar-refractivity contribution in [2.45, 2.75) is 13.5 Å². The number of nitrogens with zero attached hydrogens (tertiary/aromatic N) is 2. The molecule has 78 valence electrons. The minimum Gasteiger partial charge on any atom is -0.382 e. The maximum Gasteiger partial charge on any atom is 0.145 e. The number of aryl methyl sites for hydroxylation is 1. The predicted molar refractivity (Wildman–Crippen MR) is 56.9 cm³/mol. The van der Waals surface area contributed by atoms with Crippen LogP contribution in [0, 0.1) is 12.7 Å². The van der Waals surface area contributed by atoms with Crippen LogP contribution in [0.4, 0.5) is 10.2 Å². The van der Waals surface area contributed by atoms with E-state index < -0.39 is 0 Å². The molecule has 0 amide bonds. The molecule has 2 rings (SSSR count). The fourth-order valence-electron chi connectivity index (χ4n) is 1.47. The Morgan fingerprint density at radius 2 is 2.20 bits per heavy atom. The van der Waals surface area contributed by atoms with Crippen molar-refractivity contribution in [2.75, 3.05) is 5.73 Å². The van der Waals surface area contributed by atoms with E-state index in [0.717, 1.165) is 0 Å². The molecule has 0 aliphatic rings. The van der Waals surface area contributed by atoms with E-state index in [1.807, 2.05) is 6.07 Å². The highest BCUT2D eigenvalue weighted by molar-refractivity contribution is 5.27. The standard InChI is InChI=1S/C11H12FN3/c1-8-3-2-4-9(11(8)12)7-15-6-5-10(13)14-15/h2-6H,7H2,1H3,(H2,13,14). The summed E-state index contributed by atoms with van der Waals surface area (Å²) in [5.41, 5.74) is 6.74. The molecule has 0 spiro atoms. The summed E-state index contributed by atoms with van der Waals surface area (Å²) in [5, 5.41) is 4.00. The number of anilines is 1. The Hall–Kier alpha value is -1.84. The maximum absolute atomic E-state index is 13.6. The number of rotatable bonds is 2. The van der Waals surface area contributed by atoms with E-state index in [9.17, 15) is 4.39 Å². The number of hydrogen-bond donors (Lipinski definition) is 1. The first-order chi connectivity index (χ1) is 7.16. The molecular formula is C11H12FN3. The van der Waals surface area contributed by atoms with Crippen LogP contribution in [0.5, 0.6) is 0 Å². The van der Waals surface area contributed by atoms with Crippen molar-refractivity contribution < 1.29 is 4.39 Å². The number of nitrogens with two attached hydrogens (primary N) is 1. The van der Waals surface area contributed by atoms with Gasteiger partial charge < -0.3 is 5.73 Å². The zero-order valence-corrected chi connectivity index (χ0v) is 8.44. The van der Waals surface area contributed by atoms with E-state index in [0.29, 0.717) is 23.5 Å². The van der Waals surface area contributed by atoms with Crippen LogP contribution in [-0.2, 0) is 6.54 Å². The van der Waals surface area contributed by atoms with Gasteiger partial charge in [-0.3, -0.25) is 4.68 Å². The van der Waals surface area contributed by atoms with Gasteiger partial charge in [0, 0.05) is 11.8 Å². The second-order valence-corrected chi connectivity index (χ2v) is 3.49. The van der Waals surface area contributed by atoms with E-state index in [1.54, 1.807) is 36.0 Å². The highest BCUT2D eigenvalue weighted by atomic mass is 19.1. The summed E-state index contributed by atoms with van der Waals surface area (Å²) in [6, 6.07) is 7.02. The van der Waals surface area contributed by atoms with Gasteiger partial charge in [0.25, 0.3) is 0 Å². The molecule has 0 fully saturated rings. The number of aromatic nitrogens is 2. The van der Waals surface area contributed by atoms with Gasteiger partial charge in [0.2, 0.25) is 0 Å². The van der Waals surface area contributed by atoms with Crippen molar-refractivity contribution in [2.24, 2.45) is 0 Å². The van der Waals surface area contributed by atoms with Crippen molar-refractivity contribution in [3.8, 4) is 0 Å². The first-order valence-electron chi connectivity index (χ1n) is 4.70. The normalized spacial score (nSPS) is 10.5. The Labute approximate surface area is 87.3 Å². The fraction of sp³-hybridized carbons (Fsp3) is 0.182. The SMILES string of the molecule is Cc1cccc(Cn2ccc(N)n2)c1F. The maximum atomic E-state index is 13.6. The number of benzene rings is 1. The smallest absolute Gasteiger partial charge is 0.145 e. The van der Waals surface area contributed by atoms with Gasteiger partial charge in [-0.25, -0.2) is 4.39 Å². The lowest BCUT2D eigenvalue weighted by atomic mass is 10.1. The summed E-state index contributed by atoms with van der Waals surface area (Å²) < 4.78 is 15.2. The first kappa shape index (κ1) is 9.71. The Bertz CT molecular complexity index is 476. The molecule has 0 radical (unpaired) electrons. The van der Waals surface area contributed by atoms with Gasteiger partial charge in [-0.15, -0.1) is 0 Å². The summed E-state index contributed by atoms with van der Waals surface area (Å²) >= 11 is 0. The largest absolute Gasteiger partial charge is 0.382 e. The number of hydrogen-bond acceptors (Lipinski definition) is 2. The molecule has 1 aromatic heterocycles. The molecule has 1 aromatic carbocycles. The Balaban J connectivity index is 2.28. The fourth-order valence-corrected chi connectivity index (χ4v) is 1.47. The van der Waals surface area contributed by atoms with Gasteiger partial charge in [0.15, 0.2) is 0 Å². The molecule has 0 bridgehead atoms. The third-order valence-corrected chi connectivity index (χ3v) is 2.27. The summed E-state index contributed by atoms with van der Waals surface area (Å²) in [6.45, 7) is 2.15. The van der Waals surface area contributed by atoms with E-state index in [-0.39, 0.29) is 5.82 Å². The molecule has 2 N–H and O–H groups in total. The van der Waals surface area contributed by atoms with Crippen LogP contribution in [0.3, 0.4) is 0 Å². The molecule has 3 nitrogen and oxygen atoms in total. The second kappa shape index (κ2) is 3.73. The summed E-state index contributed by atoms with van der Waals surface area (Å²) in [6.07, 6.45) is 1.73. The van der Waals surface area contributed by atoms with Gasteiger partial charge in [-0.2, -0.15) is 5.10 Å². The van der Waals surface area contributed by atoms with Gasteiger partial charge >= 0.3 is 0 Å². The zero-order valence-electron chi connectivity index (χ0n) is 8.44. The van der Waals surface area contributed by atoms with Crippen LogP contribution >= 0.6 is 0 Å². The van der Waals surface area contributed by atoms with Crippen molar-refractivity contribution >= 4 is 5.82 Å². The topological polar surface area (TPSA) is 43.8 Å². The van der Waals surface area contributed by atoms with Gasteiger partial charge in [0.1, 0.15) is 11.6 Å². The van der Waals surface area contributed by atoms with Crippen LogP contribution in [0.1, 0.15) is 11.1 Å². The lowest BCUT2D eigenvalue weighted by Gasteiger charge is -2.05. The van der Waals surface area contributed by atoms with Crippen LogP contribution < -0.4 is 5.73 Å². The third kappa shape index (κ3) is 1.98. The van der Waals surface area contributed by atoms with E-state index >= 15 is 0 Å². The van der Waals surface area contributed by atoms with Crippen LogP contribution in [0.2, 0.25) is 0 Å². The highest BCUT2D eigenvalue weighted by Gasteiger charge is 2.05. The molecule has 2 aromatic rings. The van der Waals surface area contributed by atoms with E-state index in [1.165, 1.54) is 0 Å². The Morgan fingerprint density at radius 1 is 1.40 bits per heavy atom. The van der Waals surface area contributed by atoms with Crippen LogP contribution in [-0.4, -0.2) is 9.78 Å². The van der Waals surface area contributed by atoms with Gasteiger partial charge in [0.05, 0.1) is 6.54 Å². The minimum atomic E-state index is -0.174. The van der Waals surface area contributed by atoms with Crippen molar-refractivity contribution in [3.05, 3.63) is 47.4 Å². The minimum absolute atomic E-state index is 0.174. The second-order valence-electron chi connectivity index (χ2n) is 3.49. The third-order valence-electron chi connectivity index (χ3n) is 2.27. The number of nitrogen functional groups attached to an aromatic ring is 1. The van der Waals surface area contributed by atoms with Crippen LogP contribution in [0.25, 0.3) is 0 Å². The van der Waals surface area contributed by atoms with Crippen molar-refractivity contribution in [1.29, 1.82) is 0 Å². The average molecular weight is 205 g/mol. The zero-order chi connectivity index (χ0) is 10.8. The molecule has 4 heteroatoms. The molecule has 15 heavy (non-hydrogen) atoms. The van der Waals surface area contributed by atoms with Gasteiger partial charge in [-0.05, 0) is 18.6 Å².